The lowest BCUT2D eigenvalue weighted by Gasteiger charge is -2.47. The Bertz CT molecular complexity index is 309. The van der Waals surface area contributed by atoms with Gasteiger partial charge >= 0.3 is 0 Å². The number of fused-ring (bicyclic) bond motifs is 1. The highest BCUT2D eigenvalue weighted by molar-refractivity contribution is 5.01. The minimum atomic E-state index is 0.395. The van der Waals surface area contributed by atoms with E-state index in [1.54, 1.807) is 0 Å². The standard InChI is InChI=1S/C20H38O/c1-15(2)7-5-8-16(3)18-10-11-19-17(12-14-21)9-6-13-20(18,19)4/h15-19,21H,5-14H2,1-4H3/t16-,17+,18-,19+,20-/m1/s1. The van der Waals surface area contributed by atoms with Crippen LogP contribution in [0.25, 0.3) is 0 Å². The van der Waals surface area contributed by atoms with E-state index < -0.39 is 0 Å². The molecule has 2 saturated carbocycles. The van der Waals surface area contributed by atoms with E-state index in [4.69, 9.17) is 0 Å². The average molecular weight is 295 g/mol. The first-order valence-electron chi connectivity index (χ1n) is 9.60. The molecule has 0 radical (unpaired) electrons. The van der Waals surface area contributed by atoms with E-state index in [0.717, 1.165) is 36.0 Å². The molecule has 1 nitrogen and oxygen atoms in total. The van der Waals surface area contributed by atoms with Crippen molar-refractivity contribution >= 4 is 0 Å². The molecule has 2 aliphatic carbocycles. The van der Waals surface area contributed by atoms with Crippen molar-refractivity contribution in [1.82, 2.24) is 0 Å². The third kappa shape index (κ3) is 3.84. The molecule has 0 heterocycles. The van der Waals surface area contributed by atoms with Crippen molar-refractivity contribution in [1.29, 1.82) is 0 Å². The number of aliphatic hydroxyl groups is 1. The minimum Gasteiger partial charge on any atom is -0.396 e. The number of hydrogen-bond acceptors (Lipinski definition) is 1. The SMILES string of the molecule is CC(C)CCC[C@@H](C)[C@H]1CC[C@H]2[C@H](CCO)CCC[C@]12C. The quantitative estimate of drug-likeness (QED) is 0.642. The van der Waals surface area contributed by atoms with Gasteiger partial charge in [-0.1, -0.05) is 59.8 Å². The summed E-state index contributed by atoms with van der Waals surface area (Å²) in [6.45, 7) is 10.2. The fourth-order valence-corrected chi connectivity index (χ4v) is 5.88. The van der Waals surface area contributed by atoms with Crippen LogP contribution in [0.3, 0.4) is 0 Å². The molecule has 0 saturated heterocycles. The molecule has 2 fully saturated rings. The molecule has 2 rings (SSSR count). The lowest BCUT2D eigenvalue weighted by molar-refractivity contribution is 0.0197. The second-order valence-corrected chi connectivity index (χ2v) is 8.76. The predicted molar refractivity (Wildman–Crippen MR) is 91.2 cm³/mol. The monoisotopic (exact) mass is 294 g/mol. The van der Waals surface area contributed by atoms with Gasteiger partial charge < -0.3 is 5.11 Å². The molecule has 124 valence electrons. The second kappa shape index (κ2) is 7.49. The van der Waals surface area contributed by atoms with Crippen molar-refractivity contribution in [3.8, 4) is 0 Å². The molecule has 0 spiro atoms. The summed E-state index contributed by atoms with van der Waals surface area (Å²) >= 11 is 0. The van der Waals surface area contributed by atoms with Gasteiger partial charge in [0.1, 0.15) is 0 Å². The minimum absolute atomic E-state index is 0.395. The molecule has 0 unspecified atom stereocenters. The Morgan fingerprint density at radius 3 is 2.52 bits per heavy atom. The molecule has 21 heavy (non-hydrogen) atoms. The zero-order valence-electron chi connectivity index (χ0n) is 14.9. The van der Waals surface area contributed by atoms with E-state index in [1.807, 2.05) is 0 Å². The molecule has 5 atom stereocenters. The van der Waals surface area contributed by atoms with E-state index in [2.05, 4.69) is 27.7 Å². The number of rotatable bonds is 7. The summed E-state index contributed by atoms with van der Waals surface area (Å²) in [6.07, 6.45) is 12.4. The van der Waals surface area contributed by atoms with Crippen LogP contribution in [0.4, 0.5) is 0 Å². The van der Waals surface area contributed by atoms with E-state index in [0.29, 0.717) is 12.0 Å². The molecule has 0 aliphatic heterocycles. The highest BCUT2D eigenvalue weighted by Crippen LogP contribution is 2.60. The molecule has 0 amide bonds. The Kier molecular flexibility index (Phi) is 6.17. The third-order valence-electron chi connectivity index (χ3n) is 6.97. The zero-order chi connectivity index (χ0) is 15.5. The number of hydrogen-bond donors (Lipinski definition) is 1. The van der Waals surface area contributed by atoms with Crippen molar-refractivity contribution in [2.45, 2.75) is 85.5 Å². The summed E-state index contributed by atoms with van der Waals surface area (Å²) in [4.78, 5) is 0. The molecular formula is C20H38O. The maximum Gasteiger partial charge on any atom is 0.0433 e. The highest BCUT2D eigenvalue weighted by Gasteiger charge is 2.51. The van der Waals surface area contributed by atoms with E-state index in [-0.39, 0.29) is 0 Å². The summed E-state index contributed by atoms with van der Waals surface area (Å²) in [5.41, 5.74) is 0.579. The molecule has 0 aromatic heterocycles. The largest absolute Gasteiger partial charge is 0.396 e. The van der Waals surface area contributed by atoms with E-state index in [9.17, 15) is 5.11 Å². The fraction of sp³-hybridized carbons (Fsp3) is 1.00. The first-order chi connectivity index (χ1) is 9.99. The molecule has 0 aromatic carbocycles. The molecule has 1 N–H and O–H groups in total. The summed E-state index contributed by atoms with van der Waals surface area (Å²) in [6, 6.07) is 0. The van der Waals surface area contributed by atoms with Crippen molar-refractivity contribution in [3.05, 3.63) is 0 Å². The molecule has 1 heteroatoms. The van der Waals surface area contributed by atoms with Crippen LogP contribution in [0, 0.1) is 35.0 Å². The van der Waals surface area contributed by atoms with Crippen molar-refractivity contribution in [3.63, 3.8) is 0 Å². The van der Waals surface area contributed by atoms with Gasteiger partial charge in [-0.25, -0.2) is 0 Å². The van der Waals surface area contributed by atoms with Gasteiger partial charge in [0, 0.05) is 6.61 Å². The van der Waals surface area contributed by atoms with Gasteiger partial charge in [-0.15, -0.1) is 0 Å². The summed E-state index contributed by atoms with van der Waals surface area (Å²) in [7, 11) is 0. The van der Waals surface area contributed by atoms with Gasteiger partial charge in [-0.05, 0) is 60.7 Å². The molecule has 0 aromatic rings. The summed E-state index contributed by atoms with van der Waals surface area (Å²) in [5, 5.41) is 9.37. The number of aliphatic hydroxyl groups excluding tert-OH is 1. The van der Waals surface area contributed by atoms with Crippen LogP contribution in [-0.4, -0.2) is 11.7 Å². The predicted octanol–water partition coefficient (Wildman–Crippen LogP) is 5.66. The van der Waals surface area contributed by atoms with Crippen molar-refractivity contribution < 1.29 is 5.11 Å². The first-order valence-corrected chi connectivity index (χ1v) is 9.60. The Labute approximate surface area is 132 Å². The van der Waals surface area contributed by atoms with Gasteiger partial charge in [-0.3, -0.25) is 0 Å². The van der Waals surface area contributed by atoms with Crippen LogP contribution in [0.15, 0.2) is 0 Å². The van der Waals surface area contributed by atoms with E-state index >= 15 is 0 Å². The fourth-order valence-electron chi connectivity index (χ4n) is 5.88. The Balaban J connectivity index is 1.95. The van der Waals surface area contributed by atoms with Crippen LogP contribution >= 0.6 is 0 Å². The lowest BCUT2D eigenvalue weighted by atomic mass is 9.58. The van der Waals surface area contributed by atoms with Crippen LogP contribution in [0.2, 0.25) is 0 Å². The van der Waals surface area contributed by atoms with Gasteiger partial charge in [0.05, 0.1) is 0 Å². The Hall–Kier alpha value is -0.0400. The highest BCUT2D eigenvalue weighted by atomic mass is 16.3. The van der Waals surface area contributed by atoms with Crippen LogP contribution < -0.4 is 0 Å². The maximum absolute atomic E-state index is 9.37. The normalized spacial score (nSPS) is 37.7. The second-order valence-electron chi connectivity index (χ2n) is 8.76. The van der Waals surface area contributed by atoms with E-state index in [1.165, 1.54) is 51.4 Å². The van der Waals surface area contributed by atoms with Crippen LogP contribution in [-0.2, 0) is 0 Å². The third-order valence-corrected chi connectivity index (χ3v) is 6.97. The maximum atomic E-state index is 9.37. The Morgan fingerprint density at radius 2 is 1.86 bits per heavy atom. The van der Waals surface area contributed by atoms with Gasteiger partial charge in [0.25, 0.3) is 0 Å². The van der Waals surface area contributed by atoms with Gasteiger partial charge in [-0.2, -0.15) is 0 Å². The Morgan fingerprint density at radius 1 is 1.10 bits per heavy atom. The topological polar surface area (TPSA) is 20.2 Å². The molecular weight excluding hydrogens is 256 g/mol. The van der Waals surface area contributed by atoms with Crippen LogP contribution in [0.1, 0.15) is 85.5 Å². The average Bonchev–Trinajstić information content (AvgIpc) is 2.76. The molecule has 0 bridgehead atoms. The summed E-state index contributed by atoms with van der Waals surface area (Å²) < 4.78 is 0. The van der Waals surface area contributed by atoms with Gasteiger partial charge in [0.15, 0.2) is 0 Å². The smallest absolute Gasteiger partial charge is 0.0433 e. The molecule has 2 aliphatic rings. The van der Waals surface area contributed by atoms with Crippen LogP contribution in [0.5, 0.6) is 0 Å². The van der Waals surface area contributed by atoms with Crippen molar-refractivity contribution in [2.24, 2.45) is 35.0 Å². The zero-order valence-corrected chi connectivity index (χ0v) is 14.9. The first kappa shape index (κ1) is 17.3. The van der Waals surface area contributed by atoms with Crippen molar-refractivity contribution in [2.75, 3.05) is 6.61 Å². The van der Waals surface area contributed by atoms with Gasteiger partial charge in [0.2, 0.25) is 0 Å². The lowest BCUT2D eigenvalue weighted by Crippen LogP contribution is -2.39. The summed E-state index contributed by atoms with van der Waals surface area (Å²) in [5.74, 6) is 4.40.